The first-order valence-corrected chi connectivity index (χ1v) is 6.87. The predicted octanol–water partition coefficient (Wildman–Crippen LogP) is 3.74. The van der Waals surface area contributed by atoms with Crippen LogP contribution in [0.5, 0.6) is 0 Å². The van der Waals surface area contributed by atoms with Gasteiger partial charge >= 0.3 is 0 Å². The average Bonchev–Trinajstić information content (AvgIpc) is 2.62. The largest absolute Gasteiger partial charge is 0.444 e. The molecule has 0 fully saturated rings. The number of oxazole rings is 1. The minimum atomic E-state index is 0.754. The van der Waals surface area contributed by atoms with E-state index < -0.39 is 0 Å². The van der Waals surface area contributed by atoms with Crippen molar-refractivity contribution in [2.45, 2.75) is 65.8 Å². The summed E-state index contributed by atoms with van der Waals surface area (Å²) < 4.78 is 5.50. The third-order valence-electron chi connectivity index (χ3n) is 3.06. The minimum Gasteiger partial charge on any atom is -0.444 e. The Morgan fingerprint density at radius 2 is 1.76 bits per heavy atom. The van der Waals surface area contributed by atoms with E-state index in [9.17, 15) is 0 Å². The molecule has 3 nitrogen and oxygen atoms in total. The topological polar surface area (TPSA) is 38.1 Å². The lowest BCUT2D eigenvalue weighted by molar-refractivity contribution is 0.445. The zero-order valence-electron chi connectivity index (χ0n) is 11.5. The van der Waals surface area contributed by atoms with Crippen LogP contribution in [0.1, 0.15) is 62.8 Å². The molecule has 1 aromatic heterocycles. The van der Waals surface area contributed by atoms with Crippen molar-refractivity contribution in [3.05, 3.63) is 17.3 Å². The van der Waals surface area contributed by atoms with Gasteiger partial charge in [-0.15, -0.1) is 0 Å². The Hall–Kier alpha value is -0.830. The highest BCUT2D eigenvalue weighted by Crippen LogP contribution is 2.08. The van der Waals surface area contributed by atoms with Crippen LogP contribution < -0.4 is 5.32 Å². The summed E-state index contributed by atoms with van der Waals surface area (Å²) in [5.74, 6) is 1.74. The highest BCUT2D eigenvalue weighted by Gasteiger charge is 2.03. The number of hydrogen-bond acceptors (Lipinski definition) is 3. The van der Waals surface area contributed by atoms with E-state index in [1.165, 1.54) is 38.5 Å². The molecule has 17 heavy (non-hydrogen) atoms. The number of unbranched alkanes of at least 4 members (excludes halogenated alkanes) is 5. The quantitative estimate of drug-likeness (QED) is 0.666. The van der Waals surface area contributed by atoms with E-state index in [0.717, 1.165) is 30.4 Å². The average molecular weight is 238 g/mol. The summed E-state index contributed by atoms with van der Waals surface area (Å²) >= 11 is 0. The molecule has 1 rings (SSSR count). The van der Waals surface area contributed by atoms with Crippen LogP contribution in [-0.2, 0) is 6.54 Å². The lowest BCUT2D eigenvalue weighted by Gasteiger charge is -2.02. The van der Waals surface area contributed by atoms with Crippen molar-refractivity contribution < 1.29 is 4.42 Å². The van der Waals surface area contributed by atoms with E-state index in [2.05, 4.69) is 17.2 Å². The fourth-order valence-electron chi connectivity index (χ4n) is 1.84. The van der Waals surface area contributed by atoms with Crippen molar-refractivity contribution in [2.75, 3.05) is 6.54 Å². The summed E-state index contributed by atoms with van der Waals surface area (Å²) in [4.78, 5) is 4.34. The van der Waals surface area contributed by atoms with Crippen LogP contribution in [0, 0.1) is 13.8 Å². The van der Waals surface area contributed by atoms with Crippen molar-refractivity contribution in [1.29, 1.82) is 0 Å². The molecule has 98 valence electrons. The van der Waals surface area contributed by atoms with Crippen LogP contribution in [0.25, 0.3) is 0 Å². The summed E-state index contributed by atoms with van der Waals surface area (Å²) in [6.45, 7) is 8.01. The number of rotatable bonds is 9. The first kappa shape index (κ1) is 14.2. The Balaban J connectivity index is 1.97. The van der Waals surface area contributed by atoms with Crippen molar-refractivity contribution >= 4 is 0 Å². The van der Waals surface area contributed by atoms with Crippen LogP contribution >= 0.6 is 0 Å². The maximum atomic E-state index is 5.50. The van der Waals surface area contributed by atoms with Gasteiger partial charge in [-0.25, -0.2) is 4.98 Å². The van der Waals surface area contributed by atoms with Gasteiger partial charge < -0.3 is 9.73 Å². The van der Waals surface area contributed by atoms with Crippen LogP contribution in [0.2, 0.25) is 0 Å². The smallest absolute Gasteiger partial charge is 0.208 e. The van der Waals surface area contributed by atoms with E-state index >= 15 is 0 Å². The highest BCUT2D eigenvalue weighted by atomic mass is 16.4. The molecule has 0 unspecified atom stereocenters. The third-order valence-corrected chi connectivity index (χ3v) is 3.06. The van der Waals surface area contributed by atoms with Gasteiger partial charge in [-0.1, -0.05) is 39.0 Å². The monoisotopic (exact) mass is 238 g/mol. The predicted molar refractivity (Wildman–Crippen MR) is 71.1 cm³/mol. The zero-order chi connectivity index (χ0) is 12.5. The SMILES string of the molecule is CCCCCCCCNCc1nc(C)c(C)o1. The molecule has 3 heteroatoms. The number of hydrogen-bond donors (Lipinski definition) is 1. The van der Waals surface area contributed by atoms with Gasteiger partial charge in [0.1, 0.15) is 5.76 Å². The first-order chi connectivity index (χ1) is 8.24. The molecule has 1 aromatic rings. The normalized spacial score (nSPS) is 11.0. The highest BCUT2D eigenvalue weighted by molar-refractivity contribution is 5.04. The molecule has 0 aliphatic heterocycles. The summed E-state index contributed by atoms with van der Waals surface area (Å²) in [7, 11) is 0. The van der Waals surface area contributed by atoms with Gasteiger partial charge in [0.15, 0.2) is 0 Å². The molecule has 1 N–H and O–H groups in total. The van der Waals surface area contributed by atoms with Crippen LogP contribution in [0.3, 0.4) is 0 Å². The summed E-state index contributed by atoms with van der Waals surface area (Å²) in [6, 6.07) is 0. The van der Waals surface area contributed by atoms with Gasteiger partial charge in [0.05, 0.1) is 12.2 Å². The fourth-order valence-corrected chi connectivity index (χ4v) is 1.84. The van der Waals surface area contributed by atoms with Gasteiger partial charge in [-0.2, -0.15) is 0 Å². The van der Waals surface area contributed by atoms with Crippen molar-refractivity contribution in [2.24, 2.45) is 0 Å². The molecule has 0 saturated heterocycles. The molecular weight excluding hydrogens is 212 g/mol. The van der Waals surface area contributed by atoms with Crippen molar-refractivity contribution in [3.63, 3.8) is 0 Å². The van der Waals surface area contributed by atoms with E-state index in [1.807, 2.05) is 13.8 Å². The molecule has 0 spiro atoms. The molecular formula is C14H26N2O. The molecule has 0 aliphatic carbocycles. The maximum absolute atomic E-state index is 5.50. The molecule has 0 bridgehead atoms. The second kappa shape index (κ2) is 8.29. The summed E-state index contributed by atoms with van der Waals surface area (Å²) in [6.07, 6.45) is 8.03. The lowest BCUT2D eigenvalue weighted by Crippen LogP contribution is -2.14. The van der Waals surface area contributed by atoms with Crippen LogP contribution in [0.4, 0.5) is 0 Å². The Kier molecular flexibility index (Phi) is 6.94. The van der Waals surface area contributed by atoms with Crippen LogP contribution in [-0.4, -0.2) is 11.5 Å². The van der Waals surface area contributed by atoms with E-state index in [1.54, 1.807) is 0 Å². The number of nitrogens with one attached hydrogen (secondary N) is 1. The molecule has 0 aromatic carbocycles. The fraction of sp³-hybridized carbons (Fsp3) is 0.786. The number of nitrogens with zero attached hydrogens (tertiary/aromatic N) is 1. The molecule has 0 amide bonds. The molecule has 0 aliphatic rings. The van der Waals surface area contributed by atoms with Gasteiger partial charge in [0.2, 0.25) is 5.89 Å². The number of aromatic nitrogens is 1. The minimum absolute atomic E-state index is 0.754. The second-order valence-electron chi connectivity index (χ2n) is 4.69. The van der Waals surface area contributed by atoms with E-state index in [0.29, 0.717) is 0 Å². The van der Waals surface area contributed by atoms with E-state index in [-0.39, 0.29) is 0 Å². The Labute approximate surface area is 105 Å². The molecule has 0 radical (unpaired) electrons. The first-order valence-electron chi connectivity index (χ1n) is 6.87. The lowest BCUT2D eigenvalue weighted by atomic mass is 10.1. The van der Waals surface area contributed by atoms with Crippen LogP contribution in [0.15, 0.2) is 4.42 Å². The Bertz CT molecular complexity index is 288. The standard InChI is InChI=1S/C14H26N2O/c1-4-5-6-7-8-9-10-15-11-14-16-12(2)13(3)17-14/h15H,4-11H2,1-3H3. The summed E-state index contributed by atoms with van der Waals surface area (Å²) in [5, 5.41) is 3.38. The van der Waals surface area contributed by atoms with Gasteiger partial charge in [-0.05, 0) is 26.8 Å². The van der Waals surface area contributed by atoms with Crippen molar-refractivity contribution in [1.82, 2.24) is 10.3 Å². The second-order valence-corrected chi connectivity index (χ2v) is 4.69. The van der Waals surface area contributed by atoms with Gasteiger partial charge in [-0.3, -0.25) is 0 Å². The van der Waals surface area contributed by atoms with Gasteiger partial charge in [0, 0.05) is 0 Å². The number of aryl methyl sites for hydroxylation is 2. The third kappa shape index (κ3) is 5.87. The van der Waals surface area contributed by atoms with E-state index in [4.69, 9.17) is 4.42 Å². The van der Waals surface area contributed by atoms with Gasteiger partial charge in [0.25, 0.3) is 0 Å². The maximum Gasteiger partial charge on any atom is 0.208 e. The van der Waals surface area contributed by atoms with Crippen molar-refractivity contribution in [3.8, 4) is 0 Å². The molecule has 0 saturated carbocycles. The Morgan fingerprint density at radius 3 is 2.41 bits per heavy atom. The Morgan fingerprint density at radius 1 is 1.06 bits per heavy atom. The molecule has 1 heterocycles. The molecule has 0 atom stereocenters. The summed E-state index contributed by atoms with van der Waals surface area (Å²) in [5.41, 5.74) is 1.00. The zero-order valence-corrected chi connectivity index (χ0v) is 11.5.